The van der Waals surface area contributed by atoms with Gasteiger partial charge in [-0.2, -0.15) is 0 Å². The molecule has 6 heteroatoms. The van der Waals surface area contributed by atoms with Gasteiger partial charge in [-0.25, -0.2) is 4.79 Å². The van der Waals surface area contributed by atoms with E-state index in [0.29, 0.717) is 23.8 Å². The molecular weight excluding hydrogens is 376 g/mol. The van der Waals surface area contributed by atoms with E-state index < -0.39 is 0 Å². The second-order valence-corrected chi connectivity index (χ2v) is 8.30. The average Bonchev–Trinajstić information content (AvgIpc) is 2.82. The second kappa shape index (κ2) is 9.33. The first-order chi connectivity index (χ1) is 13.1. The van der Waals surface area contributed by atoms with Crippen LogP contribution in [-0.4, -0.2) is 17.7 Å². The summed E-state index contributed by atoms with van der Waals surface area (Å²) in [6, 6.07) is 8.34. The number of carbonyl (C=O) groups excluding carboxylic acids is 1. The van der Waals surface area contributed by atoms with Crippen LogP contribution in [0.1, 0.15) is 58.1 Å². The molecule has 0 radical (unpaired) electrons. The smallest absolute Gasteiger partial charge is 0.341 e. The lowest BCUT2D eigenvalue weighted by Crippen LogP contribution is -2.28. The van der Waals surface area contributed by atoms with Crippen molar-refractivity contribution in [1.82, 2.24) is 5.32 Å². The molecule has 0 bridgehead atoms. The topological polar surface area (TPSA) is 50.4 Å². The maximum atomic E-state index is 12.6. The van der Waals surface area contributed by atoms with E-state index in [2.05, 4.69) is 41.8 Å². The Labute approximate surface area is 170 Å². The molecule has 0 amide bonds. The molecule has 2 aromatic rings. The third-order valence-electron chi connectivity index (χ3n) is 4.70. The summed E-state index contributed by atoms with van der Waals surface area (Å²) in [5, 5.41) is 7.81. The minimum Gasteiger partial charge on any atom is -0.462 e. The minimum atomic E-state index is -0.249. The van der Waals surface area contributed by atoms with E-state index in [1.807, 2.05) is 6.92 Å². The first-order valence-corrected chi connectivity index (χ1v) is 10.7. The van der Waals surface area contributed by atoms with Crippen molar-refractivity contribution >= 4 is 39.6 Å². The quantitative estimate of drug-likeness (QED) is 0.419. The summed E-state index contributed by atoms with van der Waals surface area (Å²) in [6.07, 6.45) is 5.46. The van der Waals surface area contributed by atoms with E-state index in [1.54, 1.807) is 11.3 Å². The fraction of sp³-hybridized carbons (Fsp3) is 0.429. The number of nitrogens with one attached hydrogen (secondary N) is 2. The van der Waals surface area contributed by atoms with Crippen molar-refractivity contribution in [2.45, 2.75) is 52.5 Å². The molecule has 1 heterocycles. The summed E-state index contributed by atoms with van der Waals surface area (Å²) in [4.78, 5) is 13.9. The molecule has 1 aromatic heterocycles. The van der Waals surface area contributed by atoms with E-state index in [-0.39, 0.29) is 5.97 Å². The van der Waals surface area contributed by atoms with Crippen molar-refractivity contribution in [3.63, 3.8) is 0 Å². The molecule has 0 atom stereocenters. The van der Waals surface area contributed by atoms with Gasteiger partial charge >= 0.3 is 5.97 Å². The number of thiocarbonyl (C=S) groups is 1. The monoisotopic (exact) mass is 402 g/mol. The van der Waals surface area contributed by atoms with Gasteiger partial charge in [0.05, 0.1) is 12.2 Å². The number of fused-ring (bicyclic) bond motifs is 1. The molecule has 27 heavy (non-hydrogen) atoms. The fourth-order valence-corrected chi connectivity index (χ4v) is 4.81. The number of hydrogen-bond donors (Lipinski definition) is 2. The van der Waals surface area contributed by atoms with Crippen LogP contribution < -0.4 is 10.6 Å². The molecule has 0 unspecified atom stereocenters. The van der Waals surface area contributed by atoms with Gasteiger partial charge in [-0.05, 0) is 62.9 Å². The Morgan fingerprint density at radius 2 is 1.93 bits per heavy atom. The van der Waals surface area contributed by atoms with Crippen LogP contribution in [0.15, 0.2) is 24.3 Å². The molecule has 0 spiro atoms. The summed E-state index contributed by atoms with van der Waals surface area (Å²) in [6.45, 7) is 4.93. The normalized spacial score (nSPS) is 13.4. The van der Waals surface area contributed by atoms with Crippen LogP contribution in [0.2, 0.25) is 0 Å². The summed E-state index contributed by atoms with van der Waals surface area (Å²) >= 11 is 7.11. The zero-order valence-corrected chi connectivity index (χ0v) is 17.5. The van der Waals surface area contributed by atoms with Crippen molar-refractivity contribution in [1.29, 1.82) is 0 Å². The lowest BCUT2D eigenvalue weighted by Gasteiger charge is -2.12. The Kier molecular flexibility index (Phi) is 6.85. The molecule has 0 saturated heterocycles. The molecule has 2 N–H and O–H groups in total. The molecule has 0 fully saturated rings. The van der Waals surface area contributed by atoms with Gasteiger partial charge in [0.1, 0.15) is 5.00 Å². The van der Waals surface area contributed by atoms with Gasteiger partial charge in [-0.3, -0.25) is 0 Å². The van der Waals surface area contributed by atoms with E-state index in [0.717, 1.165) is 35.4 Å². The van der Waals surface area contributed by atoms with Crippen molar-refractivity contribution in [2.75, 3.05) is 11.9 Å². The third-order valence-corrected chi connectivity index (χ3v) is 6.16. The van der Waals surface area contributed by atoms with E-state index >= 15 is 0 Å². The number of carbonyl (C=O) groups is 1. The lowest BCUT2D eigenvalue weighted by atomic mass is 10.1. The first-order valence-electron chi connectivity index (χ1n) is 9.50. The maximum Gasteiger partial charge on any atom is 0.341 e. The lowest BCUT2D eigenvalue weighted by molar-refractivity contribution is 0.0527. The molecule has 1 aliphatic rings. The number of hydrogen-bond acceptors (Lipinski definition) is 4. The van der Waals surface area contributed by atoms with Gasteiger partial charge in [0.25, 0.3) is 0 Å². The SMILES string of the molecule is CCOC(=O)c1c(NC(=S)NCc2ccc(C)cc2)sc2c1CCCCC2. The number of thiophene rings is 1. The van der Waals surface area contributed by atoms with Crippen LogP contribution in [-0.2, 0) is 24.1 Å². The standard InChI is InChI=1S/C21H26N2O2S2/c1-3-25-20(24)18-16-7-5-4-6-8-17(16)27-19(18)23-21(26)22-13-15-11-9-14(2)10-12-15/h9-12H,3-8,13H2,1-2H3,(H2,22,23,26). The van der Waals surface area contributed by atoms with Crippen molar-refractivity contribution in [3.05, 3.63) is 51.4 Å². The Morgan fingerprint density at radius 3 is 2.67 bits per heavy atom. The van der Waals surface area contributed by atoms with E-state index in [4.69, 9.17) is 17.0 Å². The second-order valence-electron chi connectivity index (χ2n) is 6.78. The van der Waals surface area contributed by atoms with Gasteiger partial charge in [-0.15, -0.1) is 11.3 Å². The number of ether oxygens (including phenoxy) is 1. The van der Waals surface area contributed by atoms with Crippen LogP contribution in [0, 0.1) is 6.92 Å². The van der Waals surface area contributed by atoms with Crippen LogP contribution in [0.5, 0.6) is 0 Å². The summed E-state index contributed by atoms with van der Waals surface area (Å²) in [5.41, 5.74) is 4.23. The molecular formula is C21H26N2O2S2. The van der Waals surface area contributed by atoms with Gasteiger partial charge in [0, 0.05) is 11.4 Å². The Hall–Kier alpha value is -1.92. The van der Waals surface area contributed by atoms with Crippen molar-refractivity contribution in [3.8, 4) is 0 Å². The third kappa shape index (κ3) is 5.08. The molecule has 0 aliphatic heterocycles. The molecule has 3 rings (SSSR count). The number of anilines is 1. The molecule has 1 aliphatic carbocycles. The Bertz CT molecular complexity index is 812. The van der Waals surface area contributed by atoms with Crippen LogP contribution >= 0.6 is 23.6 Å². The van der Waals surface area contributed by atoms with Gasteiger partial charge in [-0.1, -0.05) is 36.2 Å². The van der Waals surface area contributed by atoms with Gasteiger partial charge in [0.2, 0.25) is 0 Å². The predicted molar refractivity (Wildman–Crippen MR) is 116 cm³/mol. The van der Waals surface area contributed by atoms with Gasteiger partial charge < -0.3 is 15.4 Å². The average molecular weight is 403 g/mol. The maximum absolute atomic E-state index is 12.6. The first kappa shape index (κ1) is 19.8. The molecule has 4 nitrogen and oxygen atoms in total. The Morgan fingerprint density at radius 1 is 1.19 bits per heavy atom. The highest BCUT2D eigenvalue weighted by Gasteiger charge is 2.26. The van der Waals surface area contributed by atoms with Crippen LogP contribution in [0.4, 0.5) is 5.00 Å². The number of rotatable bonds is 5. The van der Waals surface area contributed by atoms with Crippen molar-refractivity contribution < 1.29 is 9.53 Å². The number of esters is 1. The van der Waals surface area contributed by atoms with Gasteiger partial charge in [0.15, 0.2) is 5.11 Å². The molecule has 144 valence electrons. The predicted octanol–water partition coefficient (Wildman–Crippen LogP) is 4.99. The summed E-state index contributed by atoms with van der Waals surface area (Å²) < 4.78 is 5.32. The number of aryl methyl sites for hydroxylation is 2. The highest BCUT2D eigenvalue weighted by molar-refractivity contribution is 7.80. The zero-order chi connectivity index (χ0) is 19.2. The number of benzene rings is 1. The molecule has 1 aromatic carbocycles. The van der Waals surface area contributed by atoms with Crippen LogP contribution in [0.3, 0.4) is 0 Å². The van der Waals surface area contributed by atoms with Crippen molar-refractivity contribution in [2.24, 2.45) is 0 Å². The fourth-order valence-electron chi connectivity index (χ4n) is 3.29. The van der Waals surface area contributed by atoms with E-state index in [1.165, 1.54) is 23.3 Å². The largest absolute Gasteiger partial charge is 0.462 e. The summed E-state index contributed by atoms with van der Waals surface area (Å²) in [5.74, 6) is -0.249. The van der Waals surface area contributed by atoms with E-state index in [9.17, 15) is 4.79 Å². The molecule has 0 saturated carbocycles. The highest BCUT2D eigenvalue weighted by Crippen LogP contribution is 2.38. The summed E-state index contributed by atoms with van der Waals surface area (Å²) in [7, 11) is 0. The highest BCUT2D eigenvalue weighted by atomic mass is 32.1. The van der Waals surface area contributed by atoms with Crippen LogP contribution in [0.25, 0.3) is 0 Å². The zero-order valence-electron chi connectivity index (χ0n) is 15.9. The Balaban J connectivity index is 1.73. The minimum absolute atomic E-state index is 0.249.